The largest absolute Gasteiger partial charge is 0.369 e. The molecule has 52 heavy (non-hydrogen) atoms. The summed E-state index contributed by atoms with van der Waals surface area (Å²) < 4.78 is 2.66. The summed E-state index contributed by atoms with van der Waals surface area (Å²) in [5, 5.41) is 13.1. The Bertz CT molecular complexity index is 2240. The highest BCUT2D eigenvalue weighted by Crippen LogP contribution is 2.69. The molecule has 8 nitrogen and oxygen atoms in total. The molecule has 0 saturated carbocycles. The number of benzene rings is 4. The van der Waals surface area contributed by atoms with Gasteiger partial charge < -0.3 is 25.4 Å². The Morgan fingerprint density at radius 3 is 2.25 bits per heavy atom. The molecule has 266 valence electrons. The van der Waals surface area contributed by atoms with E-state index in [0.717, 1.165) is 51.9 Å². The predicted octanol–water partition coefficient (Wildman–Crippen LogP) is 6.31. The maximum absolute atomic E-state index is 4.24. The Balaban J connectivity index is 1.13. The average Bonchev–Trinajstić information content (AvgIpc) is 4.02. The van der Waals surface area contributed by atoms with Crippen LogP contribution in [0.25, 0.3) is 10.9 Å². The number of likely N-dealkylation sites (tertiary alicyclic amines) is 3. The summed E-state index contributed by atoms with van der Waals surface area (Å²) in [6.45, 7) is 4.17. The molecule has 6 atom stereocenters. The van der Waals surface area contributed by atoms with Gasteiger partial charge in [0.25, 0.3) is 0 Å². The number of nitrogens with one attached hydrogen (secondary N) is 3. The van der Waals surface area contributed by atoms with Gasteiger partial charge >= 0.3 is 0 Å². The zero-order valence-corrected chi connectivity index (χ0v) is 30.9. The van der Waals surface area contributed by atoms with Crippen molar-refractivity contribution in [3.05, 3.63) is 119 Å². The van der Waals surface area contributed by atoms with Gasteiger partial charge in [-0.2, -0.15) is 0 Å². The highest BCUT2D eigenvalue weighted by molar-refractivity contribution is 5.90. The lowest BCUT2D eigenvalue weighted by Gasteiger charge is -2.49. The van der Waals surface area contributed by atoms with Crippen LogP contribution in [0, 0.1) is 0 Å². The maximum atomic E-state index is 4.24. The molecular formula is C44H50N8. The van der Waals surface area contributed by atoms with Crippen LogP contribution in [-0.2, 0) is 22.8 Å². The number of para-hydroxylation sites is 4. The first kappa shape index (κ1) is 31.2. The van der Waals surface area contributed by atoms with E-state index in [1.807, 2.05) is 0 Å². The van der Waals surface area contributed by atoms with Crippen LogP contribution >= 0.6 is 0 Å². The van der Waals surface area contributed by atoms with Crippen molar-refractivity contribution in [2.45, 2.75) is 60.5 Å². The molecule has 6 aliphatic heterocycles. The minimum absolute atomic E-state index is 0.0598. The van der Waals surface area contributed by atoms with E-state index >= 15 is 0 Å². The Hall–Kier alpha value is -4.34. The third kappa shape index (κ3) is 3.57. The number of rotatable bonds is 6. The van der Waals surface area contributed by atoms with Gasteiger partial charge in [0.05, 0.1) is 23.7 Å². The number of fused-ring (bicyclic) bond motifs is 11. The Morgan fingerprint density at radius 1 is 0.673 bits per heavy atom. The second-order valence-electron chi connectivity index (χ2n) is 16.6. The summed E-state index contributed by atoms with van der Waals surface area (Å²) in [6.07, 6.45) is 7.41. The maximum Gasteiger partial charge on any atom is 0.108 e. The lowest BCUT2D eigenvalue weighted by molar-refractivity contribution is 0.138. The monoisotopic (exact) mass is 690 g/mol. The molecule has 0 spiro atoms. The van der Waals surface area contributed by atoms with Crippen LogP contribution in [0.2, 0.25) is 0 Å². The first-order chi connectivity index (χ1) is 25.5. The predicted molar refractivity (Wildman–Crippen MR) is 212 cm³/mol. The molecule has 8 heteroatoms. The molecule has 3 N–H and O–H groups in total. The summed E-state index contributed by atoms with van der Waals surface area (Å²) in [5.74, 6) is 0. The molecule has 6 unspecified atom stereocenters. The minimum Gasteiger partial charge on any atom is -0.369 e. The molecule has 3 saturated heterocycles. The van der Waals surface area contributed by atoms with Crippen LogP contribution in [0.4, 0.5) is 22.7 Å². The normalized spacial score (nSPS) is 31.7. The quantitative estimate of drug-likeness (QED) is 0.193. The van der Waals surface area contributed by atoms with Crippen molar-refractivity contribution >= 4 is 33.7 Å². The molecule has 0 bridgehead atoms. The summed E-state index contributed by atoms with van der Waals surface area (Å²) in [4.78, 5) is 10.6. The molecule has 4 aromatic carbocycles. The Kier molecular flexibility index (Phi) is 6.52. The number of likely N-dealkylation sites (N-methyl/N-ethyl adjacent to an activating group) is 4. The van der Waals surface area contributed by atoms with Crippen LogP contribution in [0.3, 0.4) is 0 Å². The van der Waals surface area contributed by atoms with Gasteiger partial charge in [-0.1, -0.05) is 66.7 Å². The molecule has 7 heterocycles. The second-order valence-corrected chi connectivity index (χ2v) is 16.6. The molecular weight excluding hydrogens is 641 g/mol. The van der Waals surface area contributed by atoms with E-state index in [4.69, 9.17) is 0 Å². The zero-order valence-electron chi connectivity index (χ0n) is 30.9. The third-order valence-corrected chi connectivity index (χ3v) is 14.5. The van der Waals surface area contributed by atoms with E-state index in [-0.39, 0.29) is 34.9 Å². The zero-order chi connectivity index (χ0) is 35.0. The number of nitrogens with zero attached hydrogens (tertiary/aromatic N) is 5. The number of aromatic nitrogens is 1. The fourth-order valence-electron chi connectivity index (χ4n) is 12.5. The summed E-state index contributed by atoms with van der Waals surface area (Å²) in [7, 11) is 9.06. The standard InChI is InChI=1S/C44H50N8/c1-45-24-20-29-28-51(35-17-9-5-12-30(29)35)44-23-27-49(3)40(44)47-38-33(44)15-11-19-37(38)52-36-18-10-7-14-32(36)43(22-26-50(4)41(43)52)42-21-25-48(2)39(42)46-34-16-8-6-13-31(34)42/h5-19,28,39-41,45-47H,20-27H2,1-4H3. The van der Waals surface area contributed by atoms with Gasteiger partial charge in [0.15, 0.2) is 0 Å². The SMILES string of the molecule is CNCCc1cn(C23CCN(C)C2Nc2c(N4c5ccccc5C5(C67CCN(C)C6Nc6ccccc67)CCN(C)C45)cccc23)c2ccccc12. The van der Waals surface area contributed by atoms with E-state index in [1.54, 1.807) is 0 Å². The van der Waals surface area contributed by atoms with Gasteiger partial charge in [-0.15, -0.1) is 0 Å². The Morgan fingerprint density at radius 2 is 1.37 bits per heavy atom. The van der Waals surface area contributed by atoms with Crippen LogP contribution in [-0.4, -0.2) is 92.1 Å². The van der Waals surface area contributed by atoms with E-state index in [1.165, 1.54) is 55.9 Å². The third-order valence-electron chi connectivity index (χ3n) is 14.5. The Labute approximate surface area is 307 Å². The van der Waals surface area contributed by atoms with Crippen molar-refractivity contribution in [3.63, 3.8) is 0 Å². The molecule has 1 aromatic heterocycles. The van der Waals surface area contributed by atoms with Crippen molar-refractivity contribution in [2.24, 2.45) is 0 Å². The van der Waals surface area contributed by atoms with Crippen molar-refractivity contribution < 1.29 is 0 Å². The van der Waals surface area contributed by atoms with Gasteiger partial charge in [0.2, 0.25) is 0 Å². The second kappa shape index (κ2) is 10.9. The van der Waals surface area contributed by atoms with Crippen LogP contribution in [0.5, 0.6) is 0 Å². The average molecular weight is 691 g/mol. The van der Waals surface area contributed by atoms with Crippen LogP contribution in [0.1, 0.15) is 41.5 Å². The van der Waals surface area contributed by atoms with Crippen molar-refractivity contribution in [1.29, 1.82) is 0 Å². The van der Waals surface area contributed by atoms with E-state index < -0.39 is 0 Å². The van der Waals surface area contributed by atoms with Gasteiger partial charge in [-0.25, -0.2) is 0 Å². The van der Waals surface area contributed by atoms with Crippen molar-refractivity contribution in [3.8, 4) is 0 Å². The van der Waals surface area contributed by atoms with Gasteiger partial charge in [-0.05, 0) is 101 Å². The molecule has 0 radical (unpaired) electrons. The van der Waals surface area contributed by atoms with E-state index in [2.05, 4.69) is 166 Å². The van der Waals surface area contributed by atoms with E-state index in [9.17, 15) is 0 Å². The number of hydrogen-bond donors (Lipinski definition) is 3. The number of anilines is 4. The summed E-state index contributed by atoms with van der Waals surface area (Å²) in [5.41, 5.74) is 12.1. The van der Waals surface area contributed by atoms with Crippen LogP contribution < -0.4 is 20.9 Å². The fourth-order valence-corrected chi connectivity index (χ4v) is 12.5. The van der Waals surface area contributed by atoms with Crippen molar-refractivity contribution in [1.82, 2.24) is 24.6 Å². The van der Waals surface area contributed by atoms with Gasteiger partial charge in [0, 0.05) is 64.5 Å². The topological polar surface area (TPSA) is 54.0 Å². The first-order valence-electron chi connectivity index (χ1n) is 19.5. The van der Waals surface area contributed by atoms with Gasteiger partial charge in [0.1, 0.15) is 11.7 Å². The summed E-state index contributed by atoms with van der Waals surface area (Å²) in [6, 6.07) is 34.9. The minimum atomic E-state index is -0.220. The lowest BCUT2D eigenvalue weighted by Crippen LogP contribution is -2.61. The molecule has 11 rings (SSSR count). The lowest BCUT2D eigenvalue weighted by atomic mass is 9.55. The number of hydrogen-bond acceptors (Lipinski definition) is 7. The summed E-state index contributed by atoms with van der Waals surface area (Å²) >= 11 is 0. The molecule has 6 aliphatic rings. The molecule has 0 amide bonds. The smallest absolute Gasteiger partial charge is 0.108 e. The van der Waals surface area contributed by atoms with E-state index in [0.29, 0.717) is 0 Å². The van der Waals surface area contributed by atoms with Crippen molar-refractivity contribution in [2.75, 3.05) is 69.9 Å². The van der Waals surface area contributed by atoms with Crippen LogP contribution in [0.15, 0.2) is 97.2 Å². The highest BCUT2D eigenvalue weighted by atomic mass is 15.4. The molecule has 3 fully saturated rings. The fraction of sp³-hybridized carbons (Fsp3) is 0.409. The first-order valence-corrected chi connectivity index (χ1v) is 19.5. The van der Waals surface area contributed by atoms with Gasteiger partial charge in [-0.3, -0.25) is 14.7 Å². The highest BCUT2D eigenvalue weighted by Gasteiger charge is 2.73. The molecule has 5 aromatic rings. The molecule has 0 aliphatic carbocycles.